The number of nitriles is 1. The first-order chi connectivity index (χ1) is 13.6. The van der Waals surface area contributed by atoms with E-state index in [-0.39, 0.29) is 11.5 Å². The normalized spacial score (nSPS) is 28.1. The molecule has 0 unspecified atom stereocenters. The topological polar surface area (TPSA) is 23.8 Å². The van der Waals surface area contributed by atoms with Gasteiger partial charge in [0.05, 0.1) is 5.56 Å². The lowest BCUT2D eigenvalue weighted by Crippen LogP contribution is -2.25. The van der Waals surface area contributed by atoms with Gasteiger partial charge in [-0.25, -0.2) is 8.78 Å². The van der Waals surface area contributed by atoms with Crippen molar-refractivity contribution in [2.75, 3.05) is 0 Å². The van der Waals surface area contributed by atoms with Gasteiger partial charge in [-0.2, -0.15) is 5.26 Å². The highest BCUT2D eigenvalue weighted by atomic mass is 19.2. The number of hydrogen-bond donors (Lipinski definition) is 0. The van der Waals surface area contributed by atoms with E-state index in [1.165, 1.54) is 63.9 Å². The summed E-state index contributed by atoms with van der Waals surface area (Å²) in [6, 6.07) is 4.79. The summed E-state index contributed by atoms with van der Waals surface area (Å²) >= 11 is 0. The lowest BCUT2D eigenvalue weighted by Gasteiger charge is -2.38. The van der Waals surface area contributed by atoms with Crippen LogP contribution in [-0.4, -0.2) is 0 Å². The van der Waals surface area contributed by atoms with Crippen LogP contribution >= 0.6 is 0 Å². The Hall–Kier alpha value is -1.43. The zero-order chi connectivity index (χ0) is 19.9. The summed E-state index contributed by atoms with van der Waals surface area (Å²) in [7, 11) is 0. The summed E-state index contributed by atoms with van der Waals surface area (Å²) in [4.78, 5) is 0. The lowest BCUT2D eigenvalue weighted by atomic mass is 9.68. The van der Waals surface area contributed by atoms with Crippen LogP contribution in [0, 0.1) is 40.7 Å². The molecule has 28 heavy (non-hydrogen) atoms. The summed E-state index contributed by atoms with van der Waals surface area (Å²) < 4.78 is 28.3. The molecule has 1 nitrogen and oxygen atoms in total. The average Bonchev–Trinajstić information content (AvgIpc) is 2.74. The Morgan fingerprint density at radius 3 is 2.11 bits per heavy atom. The predicted molar refractivity (Wildman–Crippen MR) is 110 cm³/mol. The van der Waals surface area contributed by atoms with Gasteiger partial charge in [0.1, 0.15) is 6.07 Å². The fraction of sp³-hybridized carbons (Fsp3) is 0.720. The van der Waals surface area contributed by atoms with Gasteiger partial charge in [0.25, 0.3) is 0 Å². The molecule has 2 aliphatic rings. The Labute approximate surface area is 169 Å². The van der Waals surface area contributed by atoms with Crippen LogP contribution in [-0.2, 0) is 0 Å². The van der Waals surface area contributed by atoms with Crippen molar-refractivity contribution in [1.29, 1.82) is 5.26 Å². The number of nitrogens with zero attached hydrogens (tertiary/aromatic N) is 1. The molecule has 154 valence electrons. The number of rotatable bonds is 7. The molecular weight excluding hydrogens is 352 g/mol. The molecule has 1 aromatic carbocycles. The molecule has 0 radical (unpaired) electrons. The van der Waals surface area contributed by atoms with Gasteiger partial charge >= 0.3 is 0 Å². The number of hydrogen-bond acceptors (Lipinski definition) is 1. The monoisotopic (exact) mass is 387 g/mol. The Kier molecular flexibility index (Phi) is 7.89. The molecule has 0 atom stereocenters. The third kappa shape index (κ3) is 5.13. The molecule has 0 aromatic heterocycles. The van der Waals surface area contributed by atoms with Gasteiger partial charge in [0.2, 0.25) is 0 Å². The molecule has 0 saturated heterocycles. The summed E-state index contributed by atoms with van der Waals surface area (Å²) in [5, 5.41) is 8.86. The van der Waals surface area contributed by atoms with Crippen LogP contribution in [0.2, 0.25) is 0 Å². The number of halogens is 2. The molecule has 0 aliphatic heterocycles. The van der Waals surface area contributed by atoms with Crippen molar-refractivity contribution in [3.05, 3.63) is 34.9 Å². The van der Waals surface area contributed by atoms with Crippen molar-refractivity contribution in [2.45, 2.75) is 96.3 Å². The lowest BCUT2D eigenvalue weighted by molar-refractivity contribution is 0.155. The molecule has 0 spiro atoms. The maximum atomic E-state index is 14.4. The fourth-order valence-corrected chi connectivity index (χ4v) is 5.68. The fourth-order valence-electron chi connectivity index (χ4n) is 5.68. The van der Waals surface area contributed by atoms with E-state index >= 15 is 0 Å². The highest BCUT2D eigenvalue weighted by Gasteiger charge is 2.32. The Balaban J connectivity index is 1.45. The molecule has 2 fully saturated rings. The molecule has 0 bridgehead atoms. The summed E-state index contributed by atoms with van der Waals surface area (Å²) in [6.07, 6.45) is 16.6. The van der Waals surface area contributed by atoms with E-state index in [4.69, 9.17) is 5.26 Å². The second-order valence-electron chi connectivity index (χ2n) is 9.18. The second-order valence-corrected chi connectivity index (χ2v) is 9.18. The maximum Gasteiger partial charge on any atom is 0.176 e. The number of benzene rings is 1. The molecule has 0 N–H and O–H groups in total. The standard InChI is InChI=1S/C25H35F2N/c1-2-3-4-5-6-18-7-9-19(10-8-18)20-11-13-21(14-12-20)23-16-15-22(17-28)24(26)25(23)27/h15-16,18-21H,2-14H2,1H3/t18-,19-,20-,21-. The molecule has 1 aromatic rings. The first-order valence-electron chi connectivity index (χ1n) is 11.5. The minimum absolute atomic E-state index is 0.105. The Morgan fingerprint density at radius 1 is 0.857 bits per heavy atom. The second kappa shape index (κ2) is 10.4. The van der Waals surface area contributed by atoms with Crippen molar-refractivity contribution in [1.82, 2.24) is 0 Å². The van der Waals surface area contributed by atoms with Crippen LogP contribution in [0.3, 0.4) is 0 Å². The zero-order valence-electron chi connectivity index (χ0n) is 17.4. The van der Waals surface area contributed by atoms with Gasteiger partial charge in [-0.3, -0.25) is 0 Å². The first-order valence-corrected chi connectivity index (χ1v) is 11.5. The summed E-state index contributed by atoms with van der Waals surface area (Å²) in [5.41, 5.74) is 0.284. The zero-order valence-corrected chi connectivity index (χ0v) is 17.4. The van der Waals surface area contributed by atoms with Gasteiger partial charge in [0.15, 0.2) is 11.6 Å². The SMILES string of the molecule is CCCCCC[C@H]1CC[C@H]([C@H]2CC[C@H](c3ccc(C#N)c(F)c3F)CC2)CC1. The van der Waals surface area contributed by atoms with E-state index in [9.17, 15) is 8.78 Å². The van der Waals surface area contributed by atoms with Gasteiger partial charge in [-0.1, -0.05) is 57.9 Å². The van der Waals surface area contributed by atoms with Crippen LogP contribution in [0.5, 0.6) is 0 Å². The third-order valence-corrected chi connectivity index (χ3v) is 7.47. The molecule has 0 heterocycles. The van der Waals surface area contributed by atoms with E-state index in [0.29, 0.717) is 5.56 Å². The van der Waals surface area contributed by atoms with E-state index in [1.807, 2.05) is 0 Å². The minimum atomic E-state index is -0.973. The van der Waals surface area contributed by atoms with Gasteiger partial charge in [-0.15, -0.1) is 0 Å². The molecule has 3 heteroatoms. The Bertz CT molecular complexity index is 662. The minimum Gasteiger partial charge on any atom is -0.203 e. The van der Waals surface area contributed by atoms with Gasteiger partial charge < -0.3 is 0 Å². The van der Waals surface area contributed by atoms with E-state index in [1.54, 1.807) is 12.1 Å². The quantitative estimate of drug-likeness (QED) is 0.436. The molecule has 2 saturated carbocycles. The van der Waals surface area contributed by atoms with Crippen LogP contribution in [0.25, 0.3) is 0 Å². The van der Waals surface area contributed by atoms with E-state index in [0.717, 1.165) is 43.4 Å². The highest BCUT2D eigenvalue weighted by molar-refractivity contribution is 5.36. The summed E-state index contributed by atoms with van der Waals surface area (Å²) in [6.45, 7) is 2.27. The van der Waals surface area contributed by atoms with Gasteiger partial charge in [-0.05, 0) is 73.8 Å². The number of unbranched alkanes of at least 4 members (excludes halogenated alkanes) is 3. The van der Waals surface area contributed by atoms with Crippen molar-refractivity contribution in [2.24, 2.45) is 17.8 Å². The van der Waals surface area contributed by atoms with Crippen LogP contribution < -0.4 is 0 Å². The highest BCUT2D eigenvalue weighted by Crippen LogP contribution is 2.45. The maximum absolute atomic E-state index is 14.4. The molecular formula is C25H35F2N. The van der Waals surface area contributed by atoms with Crippen molar-refractivity contribution < 1.29 is 8.78 Å². The summed E-state index contributed by atoms with van der Waals surface area (Å²) in [5.74, 6) is 0.887. The first kappa shape index (κ1) is 21.3. The predicted octanol–water partition coefficient (Wildman–Crippen LogP) is 7.89. The van der Waals surface area contributed by atoms with E-state index < -0.39 is 11.6 Å². The van der Waals surface area contributed by atoms with Crippen molar-refractivity contribution in [3.63, 3.8) is 0 Å². The van der Waals surface area contributed by atoms with Crippen LogP contribution in [0.15, 0.2) is 12.1 Å². The molecule has 3 rings (SSSR count). The van der Waals surface area contributed by atoms with Crippen molar-refractivity contribution in [3.8, 4) is 6.07 Å². The average molecular weight is 388 g/mol. The Morgan fingerprint density at radius 2 is 1.50 bits per heavy atom. The van der Waals surface area contributed by atoms with E-state index in [2.05, 4.69) is 6.92 Å². The molecule has 2 aliphatic carbocycles. The molecule has 0 amide bonds. The smallest absolute Gasteiger partial charge is 0.176 e. The van der Waals surface area contributed by atoms with Gasteiger partial charge in [0, 0.05) is 0 Å². The van der Waals surface area contributed by atoms with Crippen molar-refractivity contribution >= 4 is 0 Å². The van der Waals surface area contributed by atoms with Crippen LogP contribution in [0.4, 0.5) is 8.78 Å². The van der Waals surface area contributed by atoms with Crippen LogP contribution in [0.1, 0.15) is 107 Å². The largest absolute Gasteiger partial charge is 0.203 e. The third-order valence-electron chi connectivity index (χ3n) is 7.47.